The van der Waals surface area contributed by atoms with Crippen molar-refractivity contribution in [1.82, 2.24) is 10.3 Å². The number of aliphatic hydroxyl groups is 1. The second-order valence-electron chi connectivity index (χ2n) is 8.59. The van der Waals surface area contributed by atoms with Crippen LogP contribution in [0.15, 0.2) is 82.4 Å². The van der Waals surface area contributed by atoms with Gasteiger partial charge in [0.25, 0.3) is 0 Å². The van der Waals surface area contributed by atoms with Gasteiger partial charge in [0.05, 0.1) is 16.3 Å². The van der Waals surface area contributed by atoms with Gasteiger partial charge in [0.15, 0.2) is 5.78 Å². The van der Waals surface area contributed by atoms with Gasteiger partial charge in [0, 0.05) is 29.5 Å². The van der Waals surface area contributed by atoms with Crippen LogP contribution in [0, 0.1) is 11.6 Å². The van der Waals surface area contributed by atoms with Crippen molar-refractivity contribution >= 4 is 40.5 Å². The number of hydrogen-bond acceptors (Lipinski definition) is 6. The standard InChI is InChI=1S/C27H21ClF2N2O2S2/c28-21-5-1-2-6-23(21)36-25-22(33)14-27(32-26(25)34,17-8-9-35-15-17)24-7-3-4-20(31-24)12-16-10-18(29)13-19(30)11-16/h1-11,13,15,25-26,32,34H,12,14H2. The number of hydrogen-bond donors (Lipinski definition) is 2. The number of aliphatic hydroxyl groups excluding tert-OH is 1. The third-order valence-electron chi connectivity index (χ3n) is 6.09. The molecular weight excluding hydrogens is 522 g/mol. The molecule has 0 radical (unpaired) electrons. The van der Waals surface area contributed by atoms with E-state index in [0.29, 0.717) is 26.9 Å². The molecule has 0 spiro atoms. The molecular formula is C27H21ClF2N2O2S2. The molecule has 0 saturated carbocycles. The zero-order valence-electron chi connectivity index (χ0n) is 18.8. The highest BCUT2D eigenvalue weighted by Gasteiger charge is 2.48. The molecule has 2 aromatic heterocycles. The van der Waals surface area contributed by atoms with Crippen molar-refractivity contribution in [2.45, 2.75) is 34.8 Å². The fourth-order valence-electron chi connectivity index (χ4n) is 4.47. The van der Waals surface area contributed by atoms with Gasteiger partial charge in [0.1, 0.15) is 23.1 Å². The maximum absolute atomic E-state index is 13.7. The Morgan fingerprint density at radius 3 is 2.58 bits per heavy atom. The first-order valence-electron chi connectivity index (χ1n) is 11.2. The Balaban J connectivity index is 1.48. The van der Waals surface area contributed by atoms with E-state index in [2.05, 4.69) is 5.32 Å². The summed E-state index contributed by atoms with van der Waals surface area (Å²) < 4.78 is 27.4. The number of aromatic nitrogens is 1. The van der Waals surface area contributed by atoms with Crippen LogP contribution in [0.25, 0.3) is 0 Å². The van der Waals surface area contributed by atoms with Gasteiger partial charge in [-0.1, -0.05) is 29.8 Å². The first-order chi connectivity index (χ1) is 17.3. The van der Waals surface area contributed by atoms with Crippen LogP contribution in [-0.2, 0) is 16.8 Å². The molecule has 184 valence electrons. The molecule has 4 aromatic rings. The highest BCUT2D eigenvalue weighted by Crippen LogP contribution is 2.42. The van der Waals surface area contributed by atoms with E-state index in [9.17, 15) is 18.7 Å². The van der Waals surface area contributed by atoms with Crippen LogP contribution < -0.4 is 5.32 Å². The molecule has 1 aliphatic rings. The average Bonchev–Trinajstić information content (AvgIpc) is 3.38. The summed E-state index contributed by atoms with van der Waals surface area (Å²) >= 11 is 8.99. The number of rotatable bonds is 6. The van der Waals surface area contributed by atoms with Gasteiger partial charge in [-0.15, -0.1) is 11.8 Å². The summed E-state index contributed by atoms with van der Waals surface area (Å²) in [6, 6.07) is 17.8. The summed E-state index contributed by atoms with van der Waals surface area (Å²) in [6.07, 6.45) is -0.896. The van der Waals surface area contributed by atoms with Crippen LogP contribution in [0.4, 0.5) is 8.78 Å². The zero-order valence-corrected chi connectivity index (χ0v) is 21.2. The maximum Gasteiger partial charge on any atom is 0.152 e. The van der Waals surface area contributed by atoms with Gasteiger partial charge in [-0.25, -0.2) is 8.78 Å². The van der Waals surface area contributed by atoms with Crippen molar-refractivity contribution in [2.75, 3.05) is 0 Å². The van der Waals surface area contributed by atoms with Crippen LogP contribution in [0.3, 0.4) is 0 Å². The van der Waals surface area contributed by atoms with E-state index in [0.717, 1.165) is 11.6 Å². The van der Waals surface area contributed by atoms with Crippen LogP contribution in [0.5, 0.6) is 0 Å². The fraction of sp³-hybridized carbons (Fsp3) is 0.185. The Kier molecular flexibility index (Phi) is 7.23. The molecule has 1 aliphatic heterocycles. The number of piperidine rings is 1. The van der Waals surface area contributed by atoms with E-state index >= 15 is 0 Å². The van der Waals surface area contributed by atoms with E-state index in [1.807, 2.05) is 35.0 Å². The van der Waals surface area contributed by atoms with Crippen molar-refractivity contribution in [2.24, 2.45) is 0 Å². The first-order valence-corrected chi connectivity index (χ1v) is 13.4. The summed E-state index contributed by atoms with van der Waals surface area (Å²) in [7, 11) is 0. The largest absolute Gasteiger partial charge is 0.377 e. The second-order valence-corrected chi connectivity index (χ2v) is 11.0. The highest BCUT2D eigenvalue weighted by molar-refractivity contribution is 8.00. The summed E-state index contributed by atoms with van der Waals surface area (Å²) in [6.45, 7) is 0. The predicted octanol–water partition coefficient (Wildman–Crippen LogP) is 5.95. The van der Waals surface area contributed by atoms with Gasteiger partial charge < -0.3 is 5.11 Å². The van der Waals surface area contributed by atoms with Gasteiger partial charge in [-0.2, -0.15) is 11.3 Å². The zero-order chi connectivity index (χ0) is 25.3. The van der Waals surface area contributed by atoms with E-state index in [4.69, 9.17) is 16.6 Å². The van der Waals surface area contributed by atoms with Crippen molar-refractivity contribution in [3.05, 3.63) is 117 Å². The first kappa shape index (κ1) is 25.0. The molecule has 0 bridgehead atoms. The molecule has 3 heterocycles. The summed E-state index contributed by atoms with van der Waals surface area (Å²) in [5.74, 6) is -1.45. The fourth-order valence-corrected chi connectivity index (χ4v) is 6.49. The van der Waals surface area contributed by atoms with Gasteiger partial charge in [0.2, 0.25) is 0 Å². The quantitative estimate of drug-likeness (QED) is 0.315. The number of thiophene rings is 1. The van der Waals surface area contributed by atoms with Crippen molar-refractivity contribution < 1.29 is 18.7 Å². The predicted molar refractivity (Wildman–Crippen MR) is 138 cm³/mol. The Morgan fingerprint density at radius 1 is 1.11 bits per heavy atom. The minimum absolute atomic E-state index is 0.0635. The summed E-state index contributed by atoms with van der Waals surface area (Å²) in [4.78, 5) is 19.0. The molecule has 2 aromatic carbocycles. The Labute approximate surface area is 220 Å². The minimum atomic E-state index is -1.17. The lowest BCUT2D eigenvalue weighted by molar-refractivity contribution is -0.125. The van der Waals surface area contributed by atoms with Crippen molar-refractivity contribution in [1.29, 1.82) is 0 Å². The lowest BCUT2D eigenvalue weighted by atomic mass is 9.79. The third-order valence-corrected chi connectivity index (χ3v) is 8.60. The summed E-state index contributed by atoms with van der Waals surface area (Å²) in [5.41, 5.74) is 1.33. The summed E-state index contributed by atoms with van der Waals surface area (Å²) in [5, 5.41) is 18.0. The SMILES string of the molecule is O=C1CC(c2ccsc2)(c2cccc(Cc3cc(F)cc(F)c3)n2)NC(O)C1Sc1ccccc1Cl. The second kappa shape index (κ2) is 10.4. The van der Waals surface area contributed by atoms with Crippen LogP contribution in [0.1, 0.15) is 28.9 Å². The number of benzene rings is 2. The van der Waals surface area contributed by atoms with E-state index < -0.39 is 28.7 Å². The number of Topliss-reactive ketones (excluding diaryl/α,β-unsaturated/α-hetero) is 1. The monoisotopic (exact) mass is 542 g/mol. The van der Waals surface area contributed by atoms with Gasteiger partial charge in [-0.05, 0) is 64.4 Å². The normalized spacial score (nSPS) is 22.1. The molecule has 36 heavy (non-hydrogen) atoms. The van der Waals surface area contributed by atoms with E-state index in [1.54, 1.807) is 24.3 Å². The van der Waals surface area contributed by atoms with Crippen molar-refractivity contribution in [3.8, 4) is 0 Å². The topological polar surface area (TPSA) is 62.2 Å². The molecule has 5 rings (SSSR count). The molecule has 4 nitrogen and oxygen atoms in total. The molecule has 0 aliphatic carbocycles. The number of thioether (sulfide) groups is 1. The van der Waals surface area contributed by atoms with Gasteiger partial charge in [-0.3, -0.25) is 15.1 Å². The molecule has 1 fully saturated rings. The van der Waals surface area contributed by atoms with Crippen LogP contribution >= 0.6 is 34.7 Å². The number of nitrogens with one attached hydrogen (secondary N) is 1. The lowest BCUT2D eigenvalue weighted by Crippen LogP contribution is -2.60. The number of pyridine rings is 1. The highest BCUT2D eigenvalue weighted by atomic mass is 35.5. The molecule has 2 N–H and O–H groups in total. The molecule has 9 heteroatoms. The maximum atomic E-state index is 13.7. The average molecular weight is 543 g/mol. The third kappa shape index (κ3) is 5.10. The van der Waals surface area contributed by atoms with E-state index in [1.165, 1.54) is 35.2 Å². The Bertz CT molecular complexity index is 1380. The lowest BCUT2D eigenvalue weighted by Gasteiger charge is -2.42. The number of carbonyl (C=O) groups is 1. The smallest absolute Gasteiger partial charge is 0.152 e. The Morgan fingerprint density at radius 2 is 1.89 bits per heavy atom. The van der Waals surface area contributed by atoms with Gasteiger partial charge >= 0.3 is 0 Å². The number of nitrogens with zero attached hydrogens (tertiary/aromatic N) is 1. The minimum Gasteiger partial charge on any atom is -0.377 e. The molecule has 0 amide bonds. The Hall–Kier alpha value is -2.62. The molecule has 1 saturated heterocycles. The van der Waals surface area contributed by atoms with Crippen molar-refractivity contribution in [3.63, 3.8) is 0 Å². The molecule has 3 atom stereocenters. The number of halogens is 3. The van der Waals surface area contributed by atoms with Crippen LogP contribution in [0.2, 0.25) is 5.02 Å². The van der Waals surface area contributed by atoms with E-state index in [-0.39, 0.29) is 18.6 Å². The van der Waals surface area contributed by atoms with Crippen LogP contribution in [-0.4, -0.2) is 27.4 Å². The number of carbonyl (C=O) groups excluding carboxylic acids is 1. The number of ketones is 1. The molecule has 3 unspecified atom stereocenters.